The Bertz CT molecular complexity index is 817. The predicted molar refractivity (Wildman–Crippen MR) is 87.3 cm³/mol. The maximum Gasteiger partial charge on any atom is 0.276 e. The summed E-state index contributed by atoms with van der Waals surface area (Å²) >= 11 is 11.9. The molecule has 1 N–H and O–H groups in total. The van der Waals surface area contributed by atoms with Crippen LogP contribution < -0.4 is 9.57 Å². The molecule has 0 aromatic heterocycles. The lowest BCUT2D eigenvalue weighted by atomic mass is 10.2. The third kappa shape index (κ3) is 4.34. The first-order chi connectivity index (χ1) is 10.8. The van der Waals surface area contributed by atoms with Crippen molar-refractivity contribution in [3.05, 3.63) is 57.8 Å². The fraction of sp³-hybridized carbons (Fsp3) is 0.0714. The van der Waals surface area contributed by atoms with Gasteiger partial charge in [-0.2, -0.15) is 13.5 Å². The lowest BCUT2D eigenvalue weighted by molar-refractivity contribution is 0.415. The Hall–Kier alpha value is -1.83. The second-order valence-corrected chi connectivity index (χ2v) is 6.80. The Balaban J connectivity index is 2.17. The van der Waals surface area contributed by atoms with Crippen LogP contribution in [-0.4, -0.2) is 21.7 Å². The second-order valence-electron chi connectivity index (χ2n) is 4.32. The van der Waals surface area contributed by atoms with Crippen LogP contribution >= 0.6 is 23.2 Å². The molecule has 0 unspecified atom stereocenters. The molecule has 2 rings (SSSR count). The number of halogens is 3. The summed E-state index contributed by atoms with van der Waals surface area (Å²) < 4.78 is 41.7. The monoisotopic (exact) mass is 376 g/mol. The summed E-state index contributed by atoms with van der Waals surface area (Å²) in [6.45, 7) is 0. The van der Waals surface area contributed by atoms with E-state index in [4.69, 9.17) is 27.9 Å². The SMILES string of the molecule is COc1c(Cl)cc(/C=N/NS(=O)(=O)c2ccc(F)cc2)cc1Cl. The van der Waals surface area contributed by atoms with Crippen molar-refractivity contribution < 1.29 is 17.5 Å². The highest BCUT2D eigenvalue weighted by Gasteiger charge is 2.12. The van der Waals surface area contributed by atoms with E-state index in [2.05, 4.69) is 5.10 Å². The second kappa shape index (κ2) is 7.16. The summed E-state index contributed by atoms with van der Waals surface area (Å²) in [5.41, 5.74) is 0.475. The molecule has 2 aromatic rings. The molecular formula is C14H11Cl2FN2O3S. The molecule has 0 saturated heterocycles. The van der Waals surface area contributed by atoms with Gasteiger partial charge in [0.2, 0.25) is 0 Å². The molecule has 0 spiro atoms. The van der Waals surface area contributed by atoms with E-state index < -0.39 is 15.8 Å². The number of benzene rings is 2. The van der Waals surface area contributed by atoms with Gasteiger partial charge in [0.1, 0.15) is 5.82 Å². The Morgan fingerprint density at radius 3 is 2.26 bits per heavy atom. The van der Waals surface area contributed by atoms with E-state index >= 15 is 0 Å². The van der Waals surface area contributed by atoms with Gasteiger partial charge >= 0.3 is 0 Å². The first kappa shape index (κ1) is 17.5. The molecular weight excluding hydrogens is 366 g/mol. The van der Waals surface area contributed by atoms with Crippen molar-refractivity contribution in [3.63, 3.8) is 0 Å². The Morgan fingerprint density at radius 2 is 1.74 bits per heavy atom. The number of nitrogens with zero attached hydrogens (tertiary/aromatic N) is 1. The fourth-order valence-electron chi connectivity index (χ4n) is 1.69. The van der Waals surface area contributed by atoms with Gasteiger partial charge in [0.05, 0.1) is 28.3 Å². The third-order valence-corrected chi connectivity index (χ3v) is 4.54. The Kier molecular flexibility index (Phi) is 5.46. The third-order valence-electron chi connectivity index (χ3n) is 2.74. The van der Waals surface area contributed by atoms with Gasteiger partial charge in [-0.05, 0) is 42.0 Å². The van der Waals surface area contributed by atoms with Crippen molar-refractivity contribution in [2.45, 2.75) is 4.90 Å². The average molecular weight is 377 g/mol. The zero-order chi connectivity index (χ0) is 17.0. The molecule has 0 aliphatic rings. The maximum atomic E-state index is 12.8. The van der Waals surface area contributed by atoms with Crippen molar-refractivity contribution in [1.29, 1.82) is 0 Å². The van der Waals surface area contributed by atoms with Crippen LogP contribution in [0.3, 0.4) is 0 Å². The number of sulfonamides is 1. The van der Waals surface area contributed by atoms with Crippen LogP contribution in [0.15, 0.2) is 46.4 Å². The highest BCUT2D eigenvalue weighted by molar-refractivity contribution is 7.89. The summed E-state index contributed by atoms with van der Waals surface area (Å²) in [5.74, 6) is -0.215. The van der Waals surface area contributed by atoms with Crippen LogP contribution in [0.5, 0.6) is 5.75 Å². The highest BCUT2D eigenvalue weighted by atomic mass is 35.5. The number of hydrogen-bond donors (Lipinski definition) is 1. The molecule has 0 fully saturated rings. The van der Waals surface area contributed by atoms with Crippen LogP contribution in [0.25, 0.3) is 0 Å². The van der Waals surface area contributed by atoms with E-state index in [1.165, 1.54) is 25.5 Å². The molecule has 0 aliphatic carbocycles. The number of ether oxygens (including phenoxy) is 1. The quantitative estimate of drug-likeness (QED) is 0.641. The molecule has 0 radical (unpaired) electrons. The van der Waals surface area contributed by atoms with E-state index in [9.17, 15) is 12.8 Å². The van der Waals surface area contributed by atoms with E-state index in [-0.39, 0.29) is 14.9 Å². The number of nitrogens with one attached hydrogen (secondary N) is 1. The molecule has 0 amide bonds. The minimum atomic E-state index is -3.89. The fourth-order valence-corrected chi connectivity index (χ4v) is 3.14. The first-order valence-electron chi connectivity index (χ1n) is 6.17. The summed E-state index contributed by atoms with van der Waals surface area (Å²) in [6, 6.07) is 7.38. The number of hydrazone groups is 1. The molecule has 0 heterocycles. The standard InChI is InChI=1S/C14H11Cl2FN2O3S/c1-22-14-12(15)6-9(7-13(14)16)8-18-19-23(20,21)11-4-2-10(17)3-5-11/h2-8,19H,1H3/b18-8+. The molecule has 122 valence electrons. The van der Waals surface area contributed by atoms with Crippen LogP contribution in [0.1, 0.15) is 5.56 Å². The highest BCUT2D eigenvalue weighted by Crippen LogP contribution is 2.33. The summed E-state index contributed by atoms with van der Waals surface area (Å²) in [5, 5.41) is 4.17. The summed E-state index contributed by atoms with van der Waals surface area (Å²) in [7, 11) is -2.46. The van der Waals surface area contributed by atoms with Gasteiger partial charge in [-0.25, -0.2) is 9.22 Å². The molecule has 9 heteroatoms. The van der Waals surface area contributed by atoms with Crippen molar-refractivity contribution >= 4 is 39.4 Å². The largest absolute Gasteiger partial charge is 0.494 e. The normalized spacial score (nSPS) is 11.7. The Morgan fingerprint density at radius 1 is 1.17 bits per heavy atom. The van der Waals surface area contributed by atoms with Crippen molar-refractivity contribution in [3.8, 4) is 5.75 Å². The molecule has 0 atom stereocenters. The molecule has 0 bridgehead atoms. The summed E-state index contributed by atoms with van der Waals surface area (Å²) in [6.07, 6.45) is 1.23. The van der Waals surface area contributed by atoms with Crippen LogP contribution in [0.2, 0.25) is 10.0 Å². The maximum absolute atomic E-state index is 12.8. The average Bonchev–Trinajstić information content (AvgIpc) is 2.47. The predicted octanol–water partition coefficient (Wildman–Crippen LogP) is 3.45. The lowest BCUT2D eigenvalue weighted by Crippen LogP contribution is -2.18. The summed E-state index contributed by atoms with van der Waals surface area (Å²) in [4.78, 5) is 1.90. The van der Waals surface area contributed by atoms with E-state index in [1.807, 2.05) is 4.83 Å². The molecule has 23 heavy (non-hydrogen) atoms. The van der Waals surface area contributed by atoms with Crippen molar-refractivity contribution in [2.24, 2.45) is 5.10 Å². The van der Waals surface area contributed by atoms with E-state index in [0.29, 0.717) is 11.3 Å². The van der Waals surface area contributed by atoms with Gasteiger partial charge in [-0.3, -0.25) is 0 Å². The first-order valence-corrected chi connectivity index (χ1v) is 8.41. The number of methoxy groups -OCH3 is 1. The van der Waals surface area contributed by atoms with Gasteiger partial charge in [0, 0.05) is 0 Å². The minimum absolute atomic E-state index is 0.109. The van der Waals surface area contributed by atoms with Crippen molar-refractivity contribution in [1.82, 2.24) is 4.83 Å². The van der Waals surface area contributed by atoms with Crippen LogP contribution in [0.4, 0.5) is 4.39 Å². The van der Waals surface area contributed by atoms with Crippen LogP contribution in [-0.2, 0) is 10.0 Å². The Labute approximate surface area is 142 Å². The zero-order valence-electron chi connectivity index (χ0n) is 11.8. The topological polar surface area (TPSA) is 67.8 Å². The number of hydrogen-bond acceptors (Lipinski definition) is 4. The van der Waals surface area contributed by atoms with Gasteiger partial charge in [-0.1, -0.05) is 23.2 Å². The minimum Gasteiger partial charge on any atom is -0.494 e. The van der Waals surface area contributed by atoms with Gasteiger partial charge in [0.15, 0.2) is 5.75 Å². The number of rotatable bonds is 5. The van der Waals surface area contributed by atoms with Crippen LogP contribution in [0, 0.1) is 5.82 Å². The van der Waals surface area contributed by atoms with E-state index in [1.54, 1.807) is 0 Å². The molecule has 2 aromatic carbocycles. The van der Waals surface area contributed by atoms with E-state index in [0.717, 1.165) is 24.3 Å². The molecule has 5 nitrogen and oxygen atoms in total. The zero-order valence-corrected chi connectivity index (χ0v) is 14.1. The van der Waals surface area contributed by atoms with Gasteiger partial charge < -0.3 is 4.74 Å². The van der Waals surface area contributed by atoms with Crippen molar-refractivity contribution in [2.75, 3.05) is 7.11 Å². The van der Waals surface area contributed by atoms with Gasteiger partial charge in [-0.15, -0.1) is 0 Å². The molecule has 0 aliphatic heterocycles. The smallest absolute Gasteiger partial charge is 0.276 e. The molecule has 0 saturated carbocycles. The van der Waals surface area contributed by atoms with Gasteiger partial charge in [0.25, 0.3) is 10.0 Å². The lowest BCUT2D eigenvalue weighted by Gasteiger charge is -2.06.